The lowest BCUT2D eigenvalue weighted by Crippen LogP contribution is -2.34. The minimum Gasteiger partial charge on any atom is -0.354 e. The molecular weight excluding hydrogens is 332 g/mol. The standard InChI is InChI=1S/C16H21ClN4OS/c1-18-15(22)14-7-6-12(20(14)2)13-5-3-4-8-21(13)10-11-9-19-16(17)23-11/h6-7,9,13H,3-5,8,10H2,1-2H3,(H,18,22). The number of halogens is 1. The Morgan fingerprint density at radius 1 is 1.48 bits per heavy atom. The zero-order valence-corrected chi connectivity index (χ0v) is 15.0. The maximum absolute atomic E-state index is 11.9. The molecule has 1 N–H and O–H groups in total. The number of aromatic nitrogens is 2. The molecule has 0 aliphatic carbocycles. The van der Waals surface area contributed by atoms with Crippen molar-refractivity contribution < 1.29 is 4.79 Å². The van der Waals surface area contributed by atoms with Crippen molar-refractivity contribution in [3.8, 4) is 0 Å². The lowest BCUT2D eigenvalue weighted by atomic mass is 9.99. The molecule has 1 aliphatic rings. The number of likely N-dealkylation sites (tertiary alicyclic amines) is 1. The SMILES string of the molecule is CNC(=O)c1ccc(C2CCCCN2Cc2cnc(Cl)s2)n1C. The van der Waals surface area contributed by atoms with Gasteiger partial charge in [0.2, 0.25) is 0 Å². The average molecular weight is 353 g/mol. The van der Waals surface area contributed by atoms with Gasteiger partial charge in [-0.2, -0.15) is 0 Å². The van der Waals surface area contributed by atoms with Crippen molar-refractivity contribution in [3.63, 3.8) is 0 Å². The van der Waals surface area contributed by atoms with Crippen LogP contribution in [0.3, 0.4) is 0 Å². The minimum atomic E-state index is -0.0460. The first-order valence-corrected chi connectivity index (χ1v) is 9.01. The Balaban J connectivity index is 1.84. The fourth-order valence-corrected chi connectivity index (χ4v) is 4.29. The van der Waals surface area contributed by atoms with Crippen molar-refractivity contribution in [1.29, 1.82) is 0 Å². The van der Waals surface area contributed by atoms with E-state index < -0.39 is 0 Å². The van der Waals surface area contributed by atoms with Crippen LogP contribution in [-0.4, -0.2) is 34.0 Å². The number of carbonyl (C=O) groups excluding carboxylic acids is 1. The van der Waals surface area contributed by atoms with Crippen molar-refractivity contribution in [2.24, 2.45) is 7.05 Å². The van der Waals surface area contributed by atoms with Gasteiger partial charge in [-0.15, -0.1) is 11.3 Å². The molecule has 2 aromatic heterocycles. The molecule has 0 aromatic carbocycles. The van der Waals surface area contributed by atoms with Crippen LogP contribution in [0.25, 0.3) is 0 Å². The van der Waals surface area contributed by atoms with Crippen LogP contribution in [0.2, 0.25) is 4.47 Å². The van der Waals surface area contributed by atoms with Gasteiger partial charge in [0, 0.05) is 37.4 Å². The molecule has 2 aromatic rings. The van der Waals surface area contributed by atoms with Gasteiger partial charge in [0.25, 0.3) is 5.91 Å². The number of amides is 1. The van der Waals surface area contributed by atoms with Gasteiger partial charge in [0.05, 0.1) is 6.04 Å². The van der Waals surface area contributed by atoms with Crippen LogP contribution in [0.15, 0.2) is 18.3 Å². The maximum Gasteiger partial charge on any atom is 0.267 e. The van der Waals surface area contributed by atoms with Gasteiger partial charge >= 0.3 is 0 Å². The molecule has 0 radical (unpaired) electrons. The molecule has 3 rings (SSSR count). The van der Waals surface area contributed by atoms with Gasteiger partial charge in [-0.1, -0.05) is 18.0 Å². The van der Waals surface area contributed by atoms with Gasteiger partial charge in [0.15, 0.2) is 4.47 Å². The fourth-order valence-electron chi connectivity index (χ4n) is 3.29. The molecule has 1 atom stereocenters. The average Bonchev–Trinajstić information content (AvgIpc) is 3.13. The first-order chi connectivity index (χ1) is 11.1. The Morgan fingerprint density at radius 3 is 3.00 bits per heavy atom. The Kier molecular flexibility index (Phi) is 5.04. The van der Waals surface area contributed by atoms with E-state index in [1.807, 2.05) is 23.9 Å². The monoisotopic (exact) mass is 352 g/mol. The first kappa shape index (κ1) is 16.5. The quantitative estimate of drug-likeness (QED) is 0.919. The van der Waals surface area contributed by atoms with Crippen molar-refractivity contribution in [2.75, 3.05) is 13.6 Å². The number of carbonyl (C=O) groups is 1. The van der Waals surface area contributed by atoms with Crippen molar-refractivity contribution in [1.82, 2.24) is 19.8 Å². The number of thiazole rings is 1. The van der Waals surface area contributed by atoms with Crippen LogP contribution < -0.4 is 5.32 Å². The van der Waals surface area contributed by atoms with Crippen LogP contribution in [0.5, 0.6) is 0 Å². The van der Waals surface area contributed by atoms with E-state index in [4.69, 9.17) is 11.6 Å². The Morgan fingerprint density at radius 2 is 2.30 bits per heavy atom. The molecule has 1 fully saturated rings. The fraction of sp³-hybridized carbons (Fsp3) is 0.500. The largest absolute Gasteiger partial charge is 0.354 e. The molecule has 3 heterocycles. The van der Waals surface area contributed by atoms with Gasteiger partial charge < -0.3 is 9.88 Å². The normalized spacial score (nSPS) is 19.0. The molecule has 7 heteroatoms. The van der Waals surface area contributed by atoms with Crippen LogP contribution in [0.4, 0.5) is 0 Å². The number of rotatable bonds is 4. The molecule has 1 aliphatic heterocycles. The first-order valence-electron chi connectivity index (χ1n) is 7.82. The van der Waals surface area contributed by atoms with Crippen molar-refractivity contribution in [3.05, 3.63) is 39.1 Å². The molecule has 1 saturated heterocycles. The van der Waals surface area contributed by atoms with Gasteiger partial charge in [-0.3, -0.25) is 9.69 Å². The van der Waals surface area contributed by atoms with E-state index in [9.17, 15) is 4.79 Å². The summed E-state index contributed by atoms with van der Waals surface area (Å²) in [6.45, 7) is 1.91. The summed E-state index contributed by atoms with van der Waals surface area (Å²) in [5.74, 6) is -0.0460. The molecule has 124 valence electrons. The van der Waals surface area contributed by atoms with E-state index in [1.165, 1.54) is 34.7 Å². The van der Waals surface area contributed by atoms with Gasteiger partial charge in [-0.25, -0.2) is 4.98 Å². The molecule has 0 bridgehead atoms. The van der Waals surface area contributed by atoms with E-state index >= 15 is 0 Å². The summed E-state index contributed by atoms with van der Waals surface area (Å²) in [5.41, 5.74) is 1.90. The number of piperidine rings is 1. The second-order valence-electron chi connectivity index (χ2n) is 5.84. The highest BCUT2D eigenvalue weighted by Crippen LogP contribution is 2.34. The highest BCUT2D eigenvalue weighted by Gasteiger charge is 2.27. The van der Waals surface area contributed by atoms with E-state index in [0.717, 1.165) is 19.5 Å². The van der Waals surface area contributed by atoms with E-state index in [-0.39, 0.29) is 5.91 Å². The molecule has 1 unspecified atom stereocenters. The molecular formula is C16H21ClN4OS. The number of nitrogens with one attached hydrogen (secondary N) is 1. The third kappa shape index (κ3) is 3.44. The molecule has 0 spiro atoms. The van der Waals surface area contributed by atoms with E-state index in [0.29, 0.717) is 16.2 Å². The number of nitrogens with zero attached hydrogens (tertiary/aromatic N) is 3. The molecule has 0 saturated carbocycles. The minimum absolute atomic E-state index is 0.0460. The predicted molar refractivity (Wildman–Crippen MR) is 92.9 cm³/mol. The van der Waals surface area contributed by atoms with Gasteiger partial charge in [-0.05, 0) is 31.5 Å². The summed E-state index contributed by atoms with van der Waals surface area (Å²) in [5, 5.41) is 2.70. The second kappa shape index (κ2) is 7.03. The van der Waals surface area contributed by atoms with Crippen molar-refractivity contribution in [2.45, 2.75) is 31.8 Å². The van der Waals surface area contributed by atoms with Crippen LogP contribution in [0.1, 0.15) is 46.4 Å². The third-order valence-electron chi connectivity index (χ3n) is 4.46. The Hall–Kier alpha value is -1.37. The van der Waals surface area contributed by atoms with Crippen LogP contribution in [-0.2, 0) is 13.6 Å². The highest BCUT2D eigenvalue weighted by atomic mass is 35.5. The second-order valence-corrected chi connectivity index (χ2v) is 7.54. The summed E-state index contributed by atoms with van der Waals surface area (Å²) in [4.78, 5) is 19.7. The smallest absolute Gasteiger partial charge is 0.267 e. The number of hydrogen-bond donors (Lipinski definition) is 1. The third-order valence-corrected chi connectivity index (χ3v) is 5.56. The number of hydrogen-bond acceptors (Lipinski definition) is 4. The summed E-state index contributed by atoms with van der Waals surface area (Å²) < 4.78 is 2.61. The zero-order chi connectivity index (χ0) is 16.4. The van der Waals surface area contributed by atoms with E-state index in [2.05, 4.69) is 21.3 Å². The maximum atomic E-state index is 11.9. The topological polar surface area (TPSA) is 50.2 Å². The van der Waals surface area contributed by atoms with E-state index in [1.54, 1.807) is 7.05 Å². The molecule has 5 nitrogen and oxygen atoms in total. The zero-order valence-electron chi connectivity index (χ0n) is 13.4. The summed E-state index contributed by atoms with van der Waals surface area (Å²) in [6.07, 6.45) is 5.39. The summed E-state index contributed by atoms with van der Waals surface area (Å²) in [6, 6.07) is 4.31. The highest BCUT2D eigenvalue weighted by molar-refractivity contribution is 7.15. The Bertz CT molecular complexity index is 696. The Labute approximate surface area is 145 Å². The molecule has 1 amide bonds. The predicted octanol–water partition coefficient (Wildman–Crippen LogP) is 3.22. The lowest BCUT2D eigenvalue weighted by Gasteiger charge is -2.35. The molecule has 23 heavy (non-hydrogen) atoms. The lowest BCUT2D eigenvalue weighted by molar-refractivity contribution is 0.0952. The van der Waals surface area contributed by atoms with Crippen molar-refractivity contribution >= 4 is 28.8 Å². The van der Waals surface area contributed by atoms with Crippen LogP contribution in [0, 0.1) is 0 Å². The summed E-state index contributed by atoms with van der Waals surface area (Å²) in [7, 11) is 3.63. The van der Waals surface area contributed by atoms with Crippen LogP contribution >= 0.6 is 22.9 Å². The van der Waals surface area contributed by atoms with Gasteiger partial charge in [0.1, 0.15) is 5.69 Å². The summed E-state index contributed by atoms with van der Waals surface area (Å²) >= 11 is 7.49.